The predicted molar refractivity (Wildman–Crippen MR) is 46.0 cm³/mol. The Labute approximate surface area is 77.1 Å². The maximum absolute atomic E-state index is 11.2. The van der Waals surface area contributed by atoms with Gasteiger partial charge in [-0.05, 0) is 22.2 Å². The van der Waals surface area contributed by atoms with Crippen LogP contribution in [0.15, 0.2) is 23.0 Å². The van der Waals surface area contributed by atoms with Gasteiger partial charge in [-0.2, -0.15) is 0 Å². The van der Waals surface area contributed by atoms with E-state index in [1.165, 1.54) is 6.07 Å². The summed E-state index contributed by atoms with van der Waals surface area (Å²) in [6, 6.07) is 4.72. The lowest BCUT2D eigenvalue weighted by atomic mass is 10.2. The molecule has 0 radical (unpaired) electrons. The molecule has 0 atom stereocenters. The van der Waals surface area contributed by atoms with Crippen molar-refractivity contribution in [3.8, 4) is 0 Å². The Kier molecular flexibility index (Phi) is 1.66. The largest absolute Gasteiger partial charge is 0.407 e. The van der Waals surface area contributed by atoms with Crippen molar-refractivity contribution in [2.45, 2.75) is 0 Å². The average molecular weight is 198 g/mol. The second-order valence-electron chi connectivity index (χ2n) is 2.42. The summed E-state index contributed by atoms with van der Waals surface area (Å²) < 4.78 is 0. The molecule has 0 aliphatic heterocycles. The molecule has 2 rings (SSSR count). The highest BCUT2D eigenvalue weighted by Crippen LogP contribution is 2.16. The first-order chi connectivity index (χ1) is 6.20. The van der Waals surface area contributed by atoms with Crippen LogP contribution in [0.1, 0.15) is 0 Å². The van der Waals surface area contributed by atoms with Gasteiger partial charge in [-0.15, -0.1) is 5.10 Å². The summed E-state index contributed by atoms with van der Waals surface area (Å²) in [4.78, 5) is 11.4. The maximum atomic E-state index is 11.2. The summed E-state index contributed by atoms with van der Waals surface area (Å²) in [6.07, 6.45) is 0. The Bertz CT molecular complexity index is 523. The van der Waals surface area contributed by atoms with Gasteiger partial charge in [0.15, 0.2) is 0 Å². The molecular weight excluding hydrogens is 194 g/mol. The van der Waals surface area contributed by atoms with E-state index < -0.39 is 5.56 Å². The van der Waals surface area contributed by atoms with Gasteiger partial charge in [-0.25, -0.2) is 0 Å². The third-order valence-corrected chi connectivity index (χ3v) is 1.93. The van der Waals surface area contributed by atoms with Crippen molar-refractivity contribution in [2.75, 3.05) is 0 Å². The van der Waals surface area contributed by atoms with Gasteiger partial charge in [-0.3, -0.25) is 4.79 Å². The van der Waals surface area contributed by atoms with Crippen LogP contribution in [0.25, 0.3) is 10.9 Å². The van der Waals surface area contributed by atoms with E-state index in [0.717, 1.165) is 0 Å². The summed E-state index contributed by atoms with van der Waals surface area (Å²) in [6.45, 7) is 0. The molecule has 1 aromatic carbocycles. The first-order valence-corrected chi connectivity index (χ1v) is 3.81. The van der Waals surface area contributed by atoms with Gasteiger partial charge in [0.2, 0.25) is 0 Å². The quantitative estimate of drug-likeness (QED) is 0.631. The van der Waals surface area contributed by atoms with Crippen LogP contribution in [0.4, 0.5) is 0 Å². The lowest BCUT2D eigenvalue weighted by molar-refractivity contribution is 0.127. The fourth-order valence-corrected chi connectivity index (χ4v) is 1.24. The lowest BCUT2D eigenvalue weighted by Gasteiger charge is -1.97. The number of fused-ring (bicyclic) bond motifs is 1. The molecule has 6 heteroatoms. The Balaban J connectivity index is 3.03. The molecule has 0 amide bonds. The Hall–Kier alpha value is -1.62. The number of nitrogens with zero attached hydrogens (tertiary/aromatic N) is 3. The van der Waals surface area contributed by atoms with Crippen molar-refractivity contribution in [3.63, 3.8) is 0 Å². The number of benzene rings is 1. The molecule has 0 unspecified atom stereocenters. The fraction of sp³-hybridized carbons (Fsp3) is 0. The smallest absolute Gasteiger partial charge is 0.314 e. The minimum absolute atomic E-state index is 0.179. The highest BCUT2D eigenvalue weighted by atomic mass is 35.5. The molecule has 0 fully saturated rings. The zero-order valence-electron chi connectivity index (χ0n) is 6.31. The van der Waals surface area contributed by atoms with Crippen molar-refractivity contribution in [1.82, 2.24) is 15.2 Å². The number of hydrogen-bond donors (Lipinski definition) is 1. The van der Waals surface area contributed by atoms with Crippen LogP contribution in [0.5, 0.6) is 0 Å². The van der Waals surface area contributed by atoms with Crippen molar-refractivity contribution in [1.29, 1.82) is 0 Å². The van der Waals surface area contributed by atoms with Crippen LogP contribution in [0.2, 0.25) is 5.02 Å². The summed E-state index contributed by atoms with van der Waals surface area (Å²) in [7, 11) is 0. The van der Waals surface area contributed by atoms with Gasteiger partial charge < -0.3 is 5.21 Å². The van der Waals surface area contributed by atoms with Crippen LogP contribution in [-0.4, -0.2) is 20.4 Å². The molecule has 2 aromatic rings. The van der Waals surface area contributed by atoms with Gasteiger partial charge in [0.05, 0.1) is 10.4 Å². The summed E-state index contributed by atoms with van der Waals surface area (Å²) in [5.74, 6) is 0. The van der Waals surface area contributed by atoms with Crippen LogP contribution in [-0.2, 0) is 0 Å². The zero-order chi connectivity index (χ0) is 9.42. The first kappa shape index (κ1) is 8.00. The molecule has 1 N–H and O–H groups in total. The molecule has 1 heterocycles. The molecule has 13 heavy (non-hydrogen) atoms. The van der Waals surface area contributed by atoms with E-state index in [9.17, 15) is 4.79 Å². The Morgan fingerprint density at radius 1 is 1.46 bits per heavy atom. The Morgan fingerprint density at radius 2 is 2.23 bits per heavy atom. The summed E-state index contributed by atoms with van der Waals surface area (Å²) in [5.41, 5.74) is -0.341. The normalized spacial score (nSPS) is 10.5. The topological polar surface area (TPSA) is 68.0 Å². The van der Waals surface area contributed by atoms with Crippen molar-refractivity contribution < 1.29 is 5.21 Å². The molecule has 0 saturated heterocycles. The van der Waals surface area contributed by atoms with Crippen molar-refractivity contribution >= 4 is 22.5 Å². The average Bonchev–Trinajstić information content (AvgIpc) is 2.12. The molecule has 0 bridgehead atoms. The first-order valence-electron chi connectivity index (χ1n) is 3.43. The van der Waals surface area contributed by atoms with E-state index in [1.54, 1.807) is 12.1 Å². The summed E-state index contributed by atoms with van der Waals surface area (Å²) >= 11 is 5.75. The van der Waals surface area contributed by atoms with E-state index in [-0.39, 0.29) is 10.2 Å². The third kappa shape index (κ3) is 1.13. The van der Waals surface area contributed by atoms with Crippen molar-refractivity contribution in [2.24, 2.45) is 0 Å². The standard InChI is InChI=1S/C7H4ClN3O2/c8-5-3-1-2-4-6(5)9-10-11(13)7(4)12/h1-3,13H. The van der Waals surface area contributed by atoms with Gasteiger partial charge >= 0.3 is 5.56 Å². The van der Waals surface area contributed by atoms with Crippen LogP contribution < -0.4 is 5.56 Å². The lowest BCUT2D eigenvalue weighted by Crippen LogP contribution is -2.21. The second-order valence-corrected chi connectivity index (χ2v) is 2.83. The highest BCUT2D eigenvalue weighted by Gasteiger charge is 2.06. The Morgan fingerprint density at radius 3 is 3.00 bits per heavy atom. The van der Waals surface area contributed by atoms with E-state index in [2.05, 4.69) is 10.3 Å². The minimum Gasteiger partial charge on any atom is -0.407 e. The molecule has 5 nitrogen and oxygen atoms in total. The predicted octanol–water partition coefficient (Wildman–Crippen LogP) is 0.682. The number of rotatable bonds is 0. The molecule has 0 spiro atoms. The monoisotopic (exact) mass is 197 g/mol. The van der Waals surface area contributed by atoms with Gasteiger partial charge in [0.1, 0.15) is 5.52 Å². The molecular formula is C7H4ClN3O2. The maximum Gasteiger partial charge on any atom is 0.314 e. The van der Waals surface area contributed by atoms with Crippen LogP contribution in [0.3, 0.4) is 0 Å². The number of hydrogen-bond acceptors (Lipinski definition) is 4. The van der Waals surface area contributed by atoms with E-state index >= 15 is 0 Å². The van der Waals surface area contributed by atoms with Gasteiger partial charge in [0.25, 0.3) is 0 Å². The molecule has 66 valence electrons. The molecule has 0 aliphatic carbocycles. The third-order valence-electron chi connectivity index (χ3n) is 1.63. The SMILES string of the molecule is O=c1c2cccc(Cl)c2nnn1O. The van der Waals surface area contributed by atoms with Crippen LogP contribution in [0, 0.1) is 0 Å². The van der Waals surface area contributed by atoms with Gasteiger partial charge in [0, 0.05) is 0 Å². The van der Waals surface area contributed by atoms with Crippen LogP contribution >= 0.6 is 11.6 Å². The van der Waals surface area contributed by atoms with E-state index in [1.807, 2.05) is 0 Å². The minimum atomic E-state index is -0.632. The number of aromatic nitrogens is 3. The summed E-state index contributed by atoms with van der Waals surface area (Å²) in [5, 5.41) is 16.2. The van der Waals surface area contributed by atoms with E-state index in [0.29, 0.717) is 10.5 Å². The molecule has 1 aromatic heterocycles. The fourth-order valence-electron chi connectivity index (χ4n) is 1.02. The van der Waals surface area contributed by atoms with E-state index in [4.69, 9.17) is 16.8 Å². The molecule has 0 saturated carbocycles. The van der Waals surface area contributed by atoms with Crippen molar-refractivity contribution in [3.05, 3.63) is 33.6 Å². The second kappa shape index (κ2) is 2.70. The zero-order valence-corrected chi connectivity index (χ0v) is 7.06. The number of halogens is 1. The molecule has 0 aliphatic rings. The highest BCUT2D eigenvalue weighted by molar-refractivity contribution is 6.34. The van der Waals surface area contributed by atoms with Gasteiger partial charge in [-0.1, -0.05) is 17.7 Å².